The van der Waals surface area contributed by atoms with Gasteiger partial charge in [-0.05, 0) is 71.1 Å². The number of para-hydroxylation sites is 1. The Morgan fingerprint density at radius 2 is 1.49 bits per heavy atom. The van der Waals surface area contributed by atoms with E-state index in [-0.39, 0.29) is 0 Å². The van der Waals surface area contributed by atoms with E-state index in [0.29, 0.717) is 0 Å². The van der Waals surface area contributed by atoms with Gasteiger partial charge in [0.2, 0.25) is 0 Å². The van der Waals surface area contributed by atoms with Gasteiger partial charge in [0.05, 0.1) is 16.6 Å². The average Bonchev–Trinajstić information content (AvgIpc) is 3.71. The molecule has 41 heavy (non-hydrogen) atoms. The maximum absolute atomic E-state index is 5.11. The fraction of sp³-hybridized carbons (Fsp3) is 0.0278. The van der Waals surface area contributed by atoms with Crippen molar-refractivity contribution in [2.45, 2.75) is 6.42 Å². The Hall–Kier alpha value is -5.55. The second-order valence-electron chi connectivity index (χ2n) is 10.9. The third-order valence-corrected chi connectivity index (χ3v) is 8.86. The first-order valence-corrected chi connectivity index (χ1v) is 13.9. The van der Waals surface area contributed by atoms with Gasteiger partial charge in [-0.3, -0.25) is 9.38 Å². The van der Waals surface area contributed by atoms with E-state index in [2.05, 4.69) is 98.9 Å². The third-order valence-electron chi connectivity index (χ3n) is 8.86. The van der Waals surface area contributed by atoms with Gasteiger partial charge < -0.3 is 4.57 Å². The second-order valence-corrected chi connectivity index (χ2v) is 10.9. The summed E-state index contributed by atoms with van der Waals surface area (Å²) >= 11 is 0. The molecule has 0 atom stereocenters. The standard InChI is InChI=1S/C36H21N5/c1-2-8-22(9-3-1)40-31-15-14-24-23-10-5-4-7-21(23)19-27(24)32(31)25-12-13-26-33(34(25)40)28-20-37-18-16-30(28)41-35(26)39-29-11-6-17-38-36(29)41/h1-18,20H,19H2. The molecule has 0 N–H and O–H groups in total. The smallest absolute Gasteiger partial charge is 0.164 e. The molecule has 1 aliphatic carbocycles. The topological polar surface area (TPSA) is 48.0 Å². The molecule has 1 aliphatic rings. The first-order chi connectivity index (χ1) is 20.4. The average molecular weight is 524 g/mol. The molecule has 190 valence electrons. The number of benzene rings is 4. The lowest BCUT2D eigenvalue weighted by atomic mass is 9.99. The summed E-state index contributed by atoms with van der Waals surface area (Å²) in [5.74, 6) is 0. The van der Waals surface area contributed by atoms with Crippen LogP contribution in [0.5, 0.6) is 0 Å². The molecule has 0 amide bonds. The normalized spacial score (nSPS) is 12.8. The quantitative estimate of drug-likeness (QED) is 0.204. The summed E-state index contributed by atoms with van der Waals surface area (Å²) in [5, 5.41) is 5.93. The van der Waals surface area contributed by atoms with Gasteiger partial charge in [-0.1, -0.05) is 54.6 Å². The van der Waals surface area contributed by atoms with Crippen LogP contribution in [0.2, 0.25) is 0 Å². The minimum absolute atomic E-state index is 0.861. The molecule has 0 saturated carbocycles. The molecular weight excluding hydrogens is 502 g/mol. The molecule has 10 rings (SSSR count). The zero-order valence-electron chi connectivity index (χ0n) is 21.9. The Balaban J connectivity index is 1.49. The van der Waals surface area contributed by atoms with Crippen molar-refractivity contribution in [1.82, 2.24) is 23.9 Å². The van der Waals surface area contributed by atoms with Crippen LogP contribution in [0, 0.1) is 0 Å². The fourth-order valence-corrected chi connectivity index (χ4v) is 7.23. The van der Waals surface area contributed by atoms with Crippen LogP contribution in [0.25, 0.3) is 77.1 Å². The Labute approximate surface area is 234 Å². The lowest BCUT2D eigenvalue weighted by Crippen LogP contribution is -1.97. The zero-order chi connectivity index (χ0) is 26.7. The number of fused-ring (bicyclic) bond motifs is 16. The highest BCUT2D eigenvalue weighted by molar-refractivity contribution is 6.28. The summed E-state index contributed by atoms with van der Waals surface area (Å²) in [7, 11) is 0. The highest BCUT2D eigenvalue weighted by Gasteiger charge is 2.26. The van der Waals surface area contributed by atoms with Crippen molar-refractivity contribution in [3.05, 3.63) is 127 Å². The molecule has 5 aromatic heterocycles. The number of nitrogens with zero attached hydrogens (tertiary/aromatic N) is 5. The number of rotatable bonds is 1. The van der Waals surface area contributed by atoms with Crippen LogP contribution in [0.3, 0.4) is 0 Å². The van der Waals surface area contributed by atoms with Gasteiger partial charge in [-0.25, -0.2) is 9.97 Å². The predicted molar refractivity (Wildman–Crippen MR) is 166 cm³/mol. The first kappa shape index (κ1) is 21.3. The molecule has 4 aromatic carbocycles. The molecule has 0 aliphatic heterocycles. The maximum atomic E-state index is 5.11. The van der Waals surface area contributed by atoms with Crippen LogP contribution in [0.15, 0.2) is 116 Å². The van der Waals surface area contributed by atoms with Gasteiger partial charge in [0.1, 0.15) is 11.2 Å². The fourth-order valence-electron chi connectivity index (χ4n) is 7.23. The van der Waals surface area contributed by atoms with Gasteiger partial charge >= 0.3 is 0 Å². The molecule has 0 bridgehead atoms. The van der Waals surface area contributed by atoms with Crippen LogP contribution in [0.1, 0.15) is 11.1 Å². The lowest BCUT2D eigenvalue weighted by molar-refractivity contribution is 1.18. The molecular formula is C36H21N5. The molecule has 0 unspecified atom stereocenters. The van der Waals surface area contributed by atoms with Crippen molar-refractivity contribution in [2.24, 2.45) is 0 Å². The van der Waals surface area contributed by atoms with Crippen LogP contribution in [-0.2, 0) is 6.42 Å². The molecule has 5 nitrogen and oxygen atoms in total. The SMILES string of the molecule is c1ccc(-n2c3ccc4c(c3c3ccc5c(c6cnccc6n6c7ncccc7nc56)c32)Cc2ccccc2-4)cc1. The van der Waals surface area contributed by atoms with E-state index in [1.807, 2.05) is 30.7 Å². The van der Waals surface area contributed by atoms with Crippen LogP contribution in [0.4, 0.5) is 0 Å². The minimum Gasteiger partial charge on any atom is -0.309 e. The largest absolute Gasteiger partial charge is 0.309 e. The second kappa shape index (κ2) is 7.55. The molecule has 5 heteroatoms. The summed E-state index contributed by atoms with van der Waals surface area (Å²) in [5.41, 5.74) is 12.7. The zero-order valence-corrected chi connectivity index (χ0v) is 21.9. The van der Waals surface area contributed by atoms with E-state index < -0.39 is 0 Å². The van der Waals surface area contributed by atoms with Gasteiger partial charge in [0, 0.05) is 51.2 Å². The monoisotopic (exact) mass is 523 g/mol. The Morgan fingerprint density at radius 3 is 2.44 bits per heavy atom. The van der Waals surface area contributed by atoms with E-state index in [9.17, 15) is 0 Å². The number of hydrogen-bond acceptors (Lipinski definition) is 3. The van der Waals surface area contributed by atoms with E-state index in [0.717, 1.165) is 50.6 Å². The summed E-state index contributed by atoms with van der Waals surface area (Å²) in [6.07, 6.45) is 6.63. The molecule has 0 fully saturated rings. The van der Waals surface area contributed by atoms with E-state index in [1.165, 1.54) is 44.1 Å². The first-order valence-electron chi connectivity index (χ1n) is 13.9. The Morgan fingerprint density at radius 1 is 0.610 bits per heavy atom. The van der Waals surface area contributed by atoms with Gasteiger partial charge in [0.25, 0.3) is 0 Å². The number of aromatic nitrogens is 5. The van der Waals surface area contributed by atoms with E-state index in [4.69, 9.17) is 9.97 Å². The van der Waals surface area contributed by atoms with E-state index >= 15 is 0 Å². The Kier molecular flexibility index (Phi) is 3.92. The van der Waals surface area contributed by atoms with Crippen molar-refractivity contribution in [1.29, 1.82) is 0 Å². The summed E-state index contributed by atoms with van der Waals surface area (Å²) in [4.78, 5) is 14.5. The van der Waals surface area contributed by atoms with Crippen LogP contribution in [-0.4, -0.2) is 23.9 Å². The van der Waals surface area contributed by atoms with Crippen molar-refractivity contribution < 1.29 is 0 Å². The van der Waals surface area contributed by atoms with Gasteiger partial charge in [0.15, 0.2) is 5.65 Å². The molecule has 9 aromatic rings. The number of pyridine rings is 3. The molecule has 0 spiro atoms. The highest BCUT2D eigenvalue weighted by atomic mass is 15.1. The number of imidazole rings is 1. The highest BCUT2D eigenvalue weighted by Crippen LogP contribution is 2.47. The number of hydrogen-bond donors (Lipinski definition) is 0. The minimum atomic E-state index is 0.861. The van der Waals surface area contributed by atoms with Crippen LogP contribution < -0.4 is 0 Å². The third kappa shape index (κ3) is 2.63. The summed E-state index contributed by atoms with van der Waals surface area (Å²) in [6, 6.07) is 34.8. The van der Waals surface area contributed by atoms with Gasteiger partial charge in [-0.15, -0.1) is 0 Å². The van der Waals surface area contributed by atoms with E-state index in [1.54, 1.807) is 0 Å². The van der Waals surface area contributed by atoms with Crippen molar-refractivity contribution >= 4 is 60.3 Å². The maximum Gasteiger partial charge on any atom is 0.164 e. The van der Waals surface area contributed by atoms with Crippen LogP contribution >= 0.6 is 0 Å². The van der Waals surface area contributed by atoms with Crippen molar-refractivity contribution in [3.8, 4) is 16.8 Å². The van der Waals surface area contributed by atoms with Crippen molar-refractivity contribution in [3.63, 3.8) is 0 Å². The van der Waals surface area contributed by atoms with Gasteiger partial charge in [-0.2, -0.15) is 0 Å². The summed E-state index contributed by atoms with van der Waals surface area (Å²) in [6.45, 7) is 0. The predicted octanol–water partition coefficient (Wildman–Crippen LogP) is 8.25. The van der Waals surface area contributed by atoms with Crippen molar-refractivity contribution in [2.75, 3.05) is 0 Å². The lowest BCUT2D eigenvalue weighted by Gasteiger charge is -2.13. The molecule has 5 heterocycles. The molecule has 0 saturated heterocycles. The summed E-state index contributed by atoms with van der Waals surface area (Å²) < 4.78 is 4.63. The Bertz CT molecular complexity index is 2550. The molecule has 0 radical (unpaired) electrons.